The molecule has 0 aliphatic carbocycles. The maximum Gasteiger partial charge on any atom is 0.326 e. The molecule has 0 spiro atoms. The van der Waals surface area contributed by atoms with Gasteiger partial charge in [0, 0.05) is 5.75 Å². The molecule has 1 amide bonds. The Morgan fingerprint density at radius 1 is 1.27 bits per heavy atom. The molecule has 0 bridgehead atoms. The molecule has 0 saturated carbocycles. The molecule has 2 N–H and O–H groups in total. The van der Waals surface area contributed by atoms with Crippen LogP contribution in [0.3, 0.4) is 0 Å². The van der Waals surface area contributed by atoms with Gasteiger partial charge >= 0.3 is 5.97 Å². The van der Waals surface area contributed by atoms with E-state index in [1.54, 1.807) is 11.6 Å². The number of carboxylic acids is 1. The number of carbonyl (C=O) groups excluding carboxylic acids is 1. The van der Waals surface area contributed by atoms with Crippen LogP contribution in [0.25, 0.3) is 5.69 Å². The van der Waals surface area contributed by atoms with Crippen molar-refractivity contribution in [2.24, 2.45) is 0 Å². The van der Waals surface area contributed by atoms with Crippen LogP contribution in [-0.2, 0) is 14.6 Å². The SMILES string of the molecule is CCS(=O)(=O)CCC(NC(=O)c1cnn(-c2ccccc2)c1C)C(=O)O. The van der Waals surface area contributed by atoms with E-state index in [9.17, 15) is 23.1 Å². The number of nitrogens with one attached hydrogen (secondary N) is 1. The van der Waals surface area contributed by atoms with Gasteiger partial charge in [-0.05, 0) is 25.5 Å². The Morgan fingerprint density at radius 3 is 2.50 bits per heavy atom. The van der Waals surface area contributed by atoms with Gasteiger partial charge in [-0.3, -0.25) is 4.79 Å². The molecule has 0 aliphatic rings. The molecule has 0 radical (unpaired) electrons. The van der Waals surface area contributed by atoms with Crippen molar-refractivity contribution in [1.82, 2.24) is 15.1 Å². The number of carbonyl (C=O) groups is 2. The fourth-order valence-corrected chi connectivity index (χ4v) is 3.28. The van der Waals surface area contributed by atoms with E-state index in [4.69, 9.17) is 0 Å². The zero-order valence-electron chi connectivity index (χ0n) is 14.5. The minimum absolute atomic E-state index is 0.0732. The number of rotatable bonds is 8. The predicted molar refractivity (Wildman–Crippen MR) is 96.1 cm³/mol. The van der Waals surface area contributed by atoms with Crippen molar-refractivity contribution in [2.75, 3.05) is 11.5 Å². The van der Waals surface area contributed by atoms with Gasteiger partial charge in [0.25, 0.3) is 5.91 Å². The van der Waals surface area contributed by atoms with E-state index in [1.807, 2.05) is 30.3 Å². The van der Waals surface area contributed by atoms with Crippen LogP contribution in [0, 0.1) is 6.92 Å². The molecule has 1 atom stereocenters. The number of aromatic nitrogens is 2. The van der Waals surface area contributed by atoms with Crippen molar-refractivity contribution in [3.63, 3.8) is 0 Å². The van der Waals surface area contributed by atoms with Gasteiger partial charge in [-0.1, -0.05) is 25.1 Å². The van der Waals surface area contributed by atoms with Crippen LogP contribution in [0.15, 0.2) is 36.5 Å². The van der Waals surface area contributed by atoms with E-state index in [1.165, 1.54) is 13.1 Å². The summed E-state index contributed by atoms with van der Waals surface area (Å²) in [5, 5.41) is 15.8. The largest absolute Gasteiger partial charge is 0.480 e. The summed E-state index contributed by atoms with van der Waals surface area (Å²) in [5.74, 6) is -2.26. The maximum atomic E-state index is 12.4. The fourth-order valence-electron chi connectivity index (χ4n) is 2.40. The highest BCUT2D eigenvalue weighted by atomic mass is 32.2. The summed E-state index contributed by atoms with van der Waals surface area (Å²) in [5.41, 5.74) is 1.56. The van der Waals surface area contributed by atoms with Gasteiger partial charge in [-0.2, -0.15) is 5.10 Å². The van der Waals surface area contributed by atoms with Crippen LogP contribution >= 0.6 is 0 Å². The zero-order valence-corrected chi connectivity index (χ0v) is 15.4. The topological polar surface area (TPSA) is 118 Å². The van der Waals surface area contributed by atoms with Crippen molar-refractivity contribution in [2.45, 2.75) is 26.3 Å². The van der Waals surface area contributed by atoms with Crippen molar-refractivity contribution in [1.29, 1.82) is 0 Å². The van der Waals surface area contributed by atoms with E-state index in [0.29, 0.717) is 5.69 Å². The number of benzene rings is 1. The lowest BCUT2D eigenvalue weighted by atomic mass is 10.2. The van der Waals surface area contributed by atoms with E-state index in [0.717, 1.165) is 5.69 Å². The Balaban J connectivity index is 2.15. The molecule has 0 aliphatic heterocycles. The van der Waals surface area contributed by atoms with Crippen LogP contribution in [-0.4, -0.2) is 52.7 Å². The molecule has 2 aromatic rings. The minimum atomic E-state index is -3.32. The second-order valence-corrected chi connectivity index (χ2v) is 8.25. The fraction of sp³-hybridized carbons (Fsp3) is 0.353. The molecule has 140 valence electrons. The van der Waals surface area contributed by atoms with Crippen molar-refractivity contribution in [3.8, 4) is 5.69 Å². The summed E-state index contributed by atoms with van der Waals surface area (Å²) in [6.45, 7) is 3.19. The van der Waals surface area contributed by atoms with Crippen molar-refractivity contribution in [3.05, 3.63) is 47.8 Å². The predicted octanol–water partition coefficient (Wildman–Crippen LogP) is 1.19. The normalized spacial score (nSPS) is 12.5. The number of sulfone groups is 1. The third-order valence-electron chi connectivity index (χ3n) is 4.02. The molecular weight excluding hydrogens is 358 g/mol. The molecule has 8 nitrogen and oxygen atoms in total. The number of nitrogens with zero attached hydrogens (tertiary/aromatic N) is 2. The first-order valence-electron chi connectivity index (χ1n) is 8.09. The summed E-state index contributed by atoms with van der Waals surface area (Å²) in [6, 6.07) is 7.91. The number of hydrogen-bond acceptors (Lipinski definition) is 5. The average Bonchev–Trinajstić information content (AvgIpc) is 3.00. The second kappa shape index (κ2) is 8.13. The molecule has 9 heteroatoms. The molecule has 2 rings (SSSR count). The first kappa shape index (κ1) is 19.6. The quantitative estimate of drug-likeness (QED) is 0.711. The number of para-hydroxylation sites is 1. The molecule has 1 heterocycles. The van der Waals surface area contributed by atoms with Crippen molar-refractivity contribution < 1.29 is 23.1 Å². The second-order valence-electron chi connectivity index (χ2n) is 5.78. The highest BCUT2D eigenvalue weighted by Crippen LogP contribution is 2.14. The van der Waals surface area contributed by atoms with E-state index >= 15 is 0 Å². The van der Waals surface area contributed by atoms with E-state index < -0.39 is 27.8 Å². The van der Waals surface area contributed by atoms with Gasteiger partial charge in [0.15, 0.2) is 0 Å². The van der Waals surface area contributed by atoms with Crippen molar-refractivity contribution >= 4 is 21.7 Å². The molecule has 1 aromatic heterocycles. The number of carboxylic acid groups (broad SMARTS) is 1. The molecule has 0 fully saturated rings. The third-order valence-corrected chi connectivity index (χ3v) is 5.75. The molecule has 26 heavy (non-hydrogen) atoms. The minimum Gasteiger partial charge on any atom is -0.480 e. The van der Waals surface area contributed by atoms with Crippen LogP contribution in [0.1, 0.15) is 29.4 Å². The van der Waals surface area contributed by atoms with Crippen LogP contribution in [0.2, 0.25) is 0 Å². The Kier molecular flexibility index (Phi) is 6.14. The Labute approximate surface area is 151 Å². The number of hydrogen-bond donors (Lipinski definition) is 2. The van der Waals surface area contributed by atoms with E-state index in [2.05, 4.69) is 10.4 Å². The van der Waals surface area contributed by atoms with Crippen LogP contribution in [0.5, 0.6) is 0 Å². The highest BCUT2D eigenvalue weighted by molar-refractivity contribution is 7.91. The summed E-state index contributed by atoms with van der Waals surface area (Å²) in [7, 11) is -3.32. The molecule has 1 unspecified atom stereocenters. The van der Waals surface area contributed by atoms with Gasteiger partial charge in [0.1, 0.15) is 15.9 Å². The van der Waals surface area contributed by atoms with Gasteiger partial charge in [0.05, 0.1) is 28.9 Å². The van der Waals surface area contributed by atoms with Gasteiger partial charge < -0.3 is 10.4 Å². The van der Waals surface area contributed by atoms with Crippen LogP contribution < -0.4 is 5.32 Å². The standard InChI is InChI=1S/C17H21N3O5S/c1-3-26(24,25)10-9-15(17(22)23)19-16(21)14-11-18-20(12(14)2)13-7-5-4-6-8-13/h4-8,11,15H,3,9-10H2,1-2H3,(H,19,21)(H,22,23). The summed E-state index contributed by atoms with van der Waals surface area (Å²) >= 11 is 0. The van der Waals surface area contributed by atoms with Gasteiger partial charge in [-0.25, -0.2) is 17.9 Å². The Morgan fingerprint density at radius 2 is 1.92 bits per heavy atom. The number of amides is 1. The first-order chi connectivity index (χ1) is 12.2. The lowest BCUT2D eigenvalue weighted by molar-refractivity contribution is -0.139. The molecule has 0 saturated heterocycles. The first-order valence-corrected chi connectivity index (χ1v) is 9.91. The Hall–Kier alpha value is -2.68. The average molecular weight is 379 g/mol. The summed E-state index contributed by atoms with van der Waals surface area (Å²) in [6.07, 6.45) is 1.17. The lowest BCUT2D eigenvalue weighted by Crippen LogP contribution is -2.42. The summed E-state index contributed by atoms with van der Waals surface area (Å²) < 4.78 is 24.7. The maximum absolute atomic E-state index is 12.4. The van der Waals surface area contributed by atoms with Crippen LogP contribution in [0.4, 0.5) is 0 Å². The molecular formula is C17H21N3O5S. The number of aliphatic carboxylic acids is 1. The van der Waals surface area contributed by atoms with Gasteiger partial charge in [-0.15, -0.1) is 0 Å². The zero-order chi connectivity index (χ0) is 19.3. The lowest BCUT2D eigenvalue weighted by Gasteiger charge is -2.14. The highest BCUT2D eigenvalue weighted by Gasteiger charge is 2.25. The smallest absolute Gasteiger partial charge is 0.326 e. The molecule has 1 aromatic carbocycles. The monoisotopic (exact) mass is 379 g/mol. The summed E-state index contributed by atoms with van der Waals surface area (Å²) in [4.78, 5) is 23.8. The third kappa shape index (κ3) is 4.69. The Bertz CT molecular complexity index is 890. The van der Waals surface area contributed by atoms with E-state index in [-0.39, 0.29) is 23.5 Å². The van der Waals surface area contributed by atoms with Gasteiger partial charge in [0.2, 0.25) is 0 Å².